The van der Waals surface area contributed by atoms with Crippen molar-refractivity contribution < 1.29 is 22.8 Å². The van der Waals surface area contributed by atoms with Crippen LogP contribution in [0.2, 0.25) is 0 Å². The van der Waals surface area contributed by atoms with Crippen LogP contribution < -0.4 is 16.0 Å². The number of carbonyl (C=O) groups excluding carboxylic acids is 2. The first-order valence-corrected chi connectivity index (χ1v) is 9.96. The standard InChI is InChI=1S/C19H27F3N4O2S/c1-18(2,3)15(11-6-8-12(9-7-11)29-19(20,21)22)25-16(28)13-10-14(27)24-17(23-13)26(4)5/h6-9,13,15,17,23H,10H2,1-5H3,(H,24,27)(H,25,28)/t13?,15-,17?/m0/s1. The van der Waals surface area contributed by atoms with E-state index in [9.17, 15) is 22.8 Å². The van der Waals surface area contributed by atoms with Crippen molar-refractivity contribution in [1.82, 2.24) is 20.9 Å². The normalized spacial score (nSPS) is 21.6. The Kier molecular flexibility index (Phi) is 7.23. The maximum Gasteiger partial charge on any atom is 0.446 e. The van der Waals surface area contributed by atoms with Crippen LogP contribution in [0.3, 0.4) is 0 Å². The van der Waals surface area contributed by atoms with E-state index in [1.807, 2.05) is 20.8 Å². The van der Waals surface area contributed by atoms with Crippen LogP contribution in [0.1, 0.15) is 38.8 Å². The summed E-state index contributed by atoms with van der Waals surface area (Å²) in [6.45, 7) is 5.79. The van der Waals surface area contributed by atoms with Crippen LogP contribution >= 0.6 is 11.8 Å². The van der Waals surface area contributed by atoms with E-state index in [1.54, 1.807) is 31.1 Å². The highest BCUT2D eigenvalue weighted by molar-refractivity contribution is 8.00. The summed E-state index contributed by atoms with van der Waals surface area (Å²) in [7, 11) is 3.55. The molecule has 0 bridgehead atoms. The number of thioether (sulfide) groups is 1. The van der Waals surface area contributed by atoms with Gasteiger partial charge in [0.25, 0.3) is 0 Å². The van der Waals surface area contributed by atoms with Gasteiger partial charge < -0.3 is 10.6 Å². The molecular formula is C19H27F3N4O2S. The van der Waals surface area contributed by atoms with Gasteiger partial charge in [0.05, 0.1) is 18.5 Å². The monoisotopic (exact) mass is 432 g/mol. The Morgan fingerprint density at radius 1 is 1.21 bits per heavy atom. The minimum Gasteiger partial charge on any atom is -0.347 e. The lowest BCUT2D eigenvalue weighted by atomic mass is 9.82. The molecule has 1 aromatic carbocycles. The van der Waals surface area contributed by atoms with Crippen molar-refractivity contribution in [3.63, 3.8) is 0 Å². The third kappa shape index (κ3) is 6.90. The van der Waals surface area contributed by atoms with Gasteiger partial charge in [0, 0.05) is 4.90 Å². The van der Waals surface area contributed by atoms with Gasteiger partial charge in [0.1, 0.15) is 6.29 Å². The van der Waals surface area contributed by atoms with Crippen LogP contribution in [0.4, 0.5) is 13.2 Å². The molecule has 2 rings (SSSR count). The molecule has 0 aliphatic carbocycles. The Morgan fingerprint density at radius 2 is 1.79 bits per heavy atom. The van der Waals surface area contributed by atoms with Gasteiger partial charge in [-0.25, -0.2) is 0 Å². The summed E-state index contributed by atoms with van der Waals surface area (Å²) >= 11 is -0.178. The van der Waals surface area contributed by atoms with E-state index in [0.29, 0.717) is 5.56 Å². The average molecular weight is 433 g/mol. The van der Waals surface area contributed by atoms with Crippen LogP contribution in [-0.4, -0.2) is 48.6 Å². The third-order valence-corrected chi connectivity index (χ3v) is 5.22. The maximum atomic E-state index is 12.9. The number of nitrogens with zero attached hydrogens (tertiary/aromatic N) is 1. The highest BCUT2D eigenvalue weighted by Crippen LogP contribution is 2.38. The fourth-order valence-corrected chi connectivity index (χ4v) is 3.58. The van der Waals surface area contributed by atoms with Crippen molar-refractivity contribution in [3.8, 4) is 0 Å². The van der Waals surface area contributed by atoms with Gasteiger partial charge in [0.2, 0.25) is 11.8 Å². The van der Waals surface area contributed by atoms with Gasteiger partial charge in [0.15, 0.2) is 0 Å². The van der Waals surface area contributed by atoms with Gasteiger partial charge in [-0.1, -0.05) is 32.9 Å². The first-order chi connectivity index (χ1) is 13.3. The van der Waals surface area contributed by atoms with Crippen molar-refractivity contribution in [2.45, 2.75) is 56.0 Å². The van der Waals surface area contributed by atoms with E-state index in [0.717, 1.165) is 0 Å². The highest BCUT2D eigenvalue weighted by atomic mass is 32.2. The number of nitrogens with one attached hydrogen (secondary N) is 3. The summed E-state index contributed by atoms with van der Waals surface area (Å²) in [4.78, 5) is 26.6. The smallest absolute Gasteiger partial charge is 0.347 e. The summed E-state index contributed by atoms with van der Waals surface area (Å²) in [6.07, 6.45) is -0.451. The second-order valence-electron chi connectivity index (χ2n) is 8.28. The second-order valence-corrected chi connectivity index (χ2v) is 9.42. The summed E-state index contributed by atoms with van der Waals surface area (Å²) < 4.78 is 37.7. The summed E-state index contributed by atoms with van der Waals surface area (Å²) in [5, 5.41) is 8.78. The summed E-state index contributed by atoms with van der Waals surface area (Å²) in [6, 6.07) is 4.83. The fourth-order valence-electron chi connectivity index (χ4n) is 3.04. The number of carbonyl (C=O) groups is 2. The minimum atomic E-state index is -4.35. The molecule has 3 N–H and O–H groups in total. The molecule has 6 nitrogen and oxygen atoms in total. The first-order valence-electron chi connectivity index (χ1n) is 9.14. The van der Waals surface area contributed by atoms with Gasteiger partial charge in [-0.3, -0.25) is 19.8 Å². The molecule has 1 saturated heterocycles. The van der Waals surface area contributed by atoms with Crippen molar-refractivity contribution >= 4 is 23.6 Å². The molecule has 1 aliphatic heterocycles. The molecule has 1 aromatic rings. The molecule has 10 heteroatoms. The molecule has 2 unspecified atom stereocenters. The van der Waals surface area contributed by atoms with Gasteiger partial charge in [-0.15, -0.1) is 0 Å². The second kappa shape index (κ2) is 8.93. The molecular weight excluding hydrogens is 405 g/mol. The average Bonchev–Trinajstić information content (AvgIpc) is 2.57. The van der Waals surface area contributed by atoms with Crippen LogP contribution in [0.5, 0.6) is 0 Å². The molecule has 0 aromatic heterocycles. The van der Waals surface area contributed by atoms with Gasteiger partial charge >= 0.3 is 5.51 Å². The largest absolute Gasteiger partial charge is 0.446 e. The zero-order chi connectivity index (χ0) is 22.0. The number of benzene rings is 1. The Hall–Kier alpha value is -1.78. The van der Waals surface area contributed by atoms with Crippen molar-refractivity contribution in [3.05, 3.63) is 29.8 Å². The predicted molar refractivity (Wildman–Crippen MR) is 106 cm³/mol. The Morgan fingerprint density at radius 3 is 2.28 bits per heavy atom. The number of halogens is 3. The van der Waals surface area contributed by atoms with Crippen LogP contribution in [0, 0.1) is 5.41 Å². The maximum absolute atomic E-state index is 12.9. The minimum absolute atomic E-state index is 0.00813. The predicted octanol–water partition coefficient (Wildman–Crippen LogP) is 2.83. The zero-order valence-corrected chi connectivity index (χ0v) is 17.9. The topological polar surface area (TPSA) is 73.5 Å². The number of amides is 2. The third-order valence-electron chi connectivity index (χ3n) is 4.48. The Balaban J connectivity index is 2.17. The fraction of sp³-hybridized carbons (Fsp3) is 0.579. The molecule has 29 heavy (non-hydrogen) atoms. The van der Waals surface area contributed by atoms with E-state index >= 15 is 0 Å². The van der Waals surface area contributed by atoms with Crippen molar-refractivity contribution in [1.29, 1.82) is 0 Å². The number of rotatable bonds is 5. The van der Waals surface area contributed by atoms with Crippen LogP contribution in [0.15, 0.2) is 29.2 Å². The quantitative estimate of drug-likeness (QED) is 0.624. The Bertz CT molecular complexity index is 732. The lowest BCUT2D eigenvalue weighted by molar-refractivity contribution is -0.134. The molecule has 1 fully saturated rings. The summed E-state index contributed by atoms with van der Waals surface area (Å²) in [5.41, 5.74) is -4.05. The molecule has 0 spiro atoms. The highest BCUT2D eigenvalue weighted by Gasteiger charge is 2.35. The lowest BCUT2D eigenvalue weighted by Gasteiger charge is -2.37. The molecule has 1 aliphatic rings. The zero-order valence-electron chi connectivity index (χ0n) is 17.1. The van der Waals surface area contributed by atoms with Crippen molar-refractivity contribution in [2.24, 2.45) is 5.41 Å². The van der Waals surface area contributed by atoms with Crippen molar-refractivity contribution in [2.75, 3.05) is 14.1 Å². The number of hydrogen-bond donors (Lipinski definition) is 3. The van der Waals surface area contributed by atoms with E-state index in [2.05, 4.69) is 16.0 Å². The van der Waals surface area contributed by atoms with E-state index in [1.165, 1.54) is 12.1 Å². The lowest BCUT2D eigenvalue weighted by Crippen LogP contribution is -2.65. The molecule has 1 heterocycles. The Labute approximate surface area is 173 Å². The first kappa shape index (κ1) is 23.5. The molecule has 0 radical (unpaired) electrons. The van der Waals surface area contributed by atoms with Crippen LogP contribution in [-0.2, 0) is 9.59 Å². The summed E-state index contributed by atoms with van der Waals surface area (Å²) in [5.74, 6) is -0.566. The van der Waals surface area contributed by atoms with Gasteiger partial charge in [-0.2, -0.15) is 13.2 Å². The van der Waals surface area contributed by atoms with E-state index < -0.39 is 29.3 Å². The SMILES string of the molecule is CN(C)C1NC(=O)CC(C(=O)N[C@@H](c2ccc(SC(F)(F)F)cc2)C(C)(C)C)N1. The van der Waals surface area contributed by atoms with Gasteiger partial charge in [-0.05, 0) is 49.0 Å². The number of alkyl halides is 3. The van der Waals surface area contributed by atoms with Crippen LogP contribution in [0.25, 0.3) is 0 Å². The van der Waals surface area contributed by atoms with E-state index in [4.69, 9.17) is 0 Å². The molecule has 2 amide bonds. The molecule has 0 saturated carbocycles. The van der Waals surface area contributed by atoms with E-state index in [-0.39, 0.29) is 34.9 Å². The molecule has 162 valence electrons. The molecule has 3 atom stereocenters. The number of hydrogen-bond acceptors (Lipinski definition) is 5.